The summed E-state index contributed by atoms with van der Waals surface area (Å²) in [5.74, 6) is 1.67. The number of carbonyl (C=O) groups excluding carboxylic acids is 1. The van der Waals surface area contributed by atoms with Crippen LogP contribution < -0.4 is 4.90 Å². The maximum atomic E-state index is 12.9. The van der Waals surface area contributed by atoms with Gasteiger partial charge < -0.3 is 9.80 Å². The van der Waals surface area contributed by atoms with Gasteiger partial charge in [-0.15, -0.1) is 0 Å². The zero-order chi connectivity index (χ0) is 19.9. The van der Waals surface area contributed by atoms with E-state index in [2.05, 4.69) is 52.9 Å². The lowest BCUT2D eigenvalue weighted by molar-refractivity contribution is 0.0746. The van der Waals surface area contributed by atoms with Crippen molar-refractivity contribution in [3.05, 3.63) is 53.5 Å². The normalized spacial score (nSPS) is 15.3. The standard InChI is InChI=1S/C21H26N6O/c1-15-13-18(27-20(24-15)22-14-23-27)25-9-11-26(12-10-25)19(28)16-5-7-17(8-6-16)21(2,3)4/h5-8,13-14H,9-12H2,1-4H3. The highest BCUT2D eigenvalue weighted by Gasteiger charge is 2.24. The minimum absolute atomic E-state index is 0.0859. The van der Waals surface area contributed by atoms with Crippen molar-refractivity contribution in [2.45, 2.75) is 33.1 Å². The van der Waals surface area contributed by atoms with Gasteiger partial charge in [0.15, 0.2) is 0 Å². The van der Waals surface area contributed by atoms with Crippen molar-refractivity contribution in [1.82, 2.24) is 24.5 Å². The third-order valence-corrected chi connectivity index (χ3v) is 5.25. The molecule has 1 amide bonds. The van der Waals surface area contributed by atoms with Gasteiger partial charge >= 0.3 is 0 Å². The lowest BCUT2D eigenvalue weighted by Crippen LogP contribution is -2.49. The van der Waals surface area contributed by atoms with Crippen LogP contribution in [0.3, 0.4) is 0 Å². The molecule has 1 saturated heterocycles. The van der Waals surface area contributed by atoms with Gasteiger partial charge in [0.1, 0.15) is 12.1 Å². The first kappa shape index (κ1) is 18.4. The Kier molecular flexibility index (Phi) is 4.53. The first-order valence-electron chi connectivity index (χ1n) is 9.65. The third-order valence-electron chi connectivity index (χ3n) is 5.25. The maximum Gasteiger partial charge on any atom is 0.254 e. The summed E-state index contributed by atoms with van der Waals surface area (Å²) in [6, 6.07) is 10.0. The summed E-state index contributed by atoms with van der Waals surface area (Å²) < 4.78 is 1.76. The van der Waals surface area contributed by atoms with Crippen molar-refractivity contribution in [2.24, 2.45) is 0 Å². The molecule has 1 aliphatic rings. The molecule has 0 spiro atoms. The maximum absolute atomic E-state index is 12.9. The van der Waals surface area contributed by atoms with E-state index in [0.29, 0.717) is 18.9 Å². The molecule has 0 aliphatic carbocycles. The summed E-state index contributed by atoms with van der Waals surface area (Å²) in [5, 5.41) is 4.29. The molecule has 0 unspecified atom stereocenters. The highest BCUT2D eigenvalue weighted by Crippen LogP contribution is 2.23. The van der Waals surface area contributed by atoms with Gasteiger partial charge in [-0.1, -0.05) is 32.9 Å². The Labute approximate surface area is 165 Å². The monoisotopic (exact) mass is 378 g/mol. The molecular formula is C21H26N6O. The third kappa shape index (κ3) is 3.44. The fourth-order valence-corrected chi connectivity index (χ4v) is 3.57. The molecule has 0 atom stereocenters. The molecule has 3 heterocycles. The van der Waals surface area contributed by atoms with Crippen LogP contribution in [0.4, 0.5) is 5.82 Å². The summed E-state index contributed by atoms with van der Waals surface area (Å²) in [6.45, 7) is 11.4. The number of amides is 1. The Bertz CT molecular complexity index is 994. The Morgan fingerprint density at radius 1 is 1.04 bits per heavy atom. The SMILES string of the molecule is Cc1cc(N2CCN(C(=O)c3ccc(C(C)(C)C)cc3)CC2)n2ncnc2n1. The number of anilines is 1. The molecule has 4 rings (SSSR count). The van der Waals surface area contributed by atoms with Crippen LogP contribution in [0.2, 0.25) is 0 Å². The molecule has 1 aliphatic heterocycles. The van der Waals surface area contributed by atoms with Gasteiger partial charge in [0, 0.05) is 43.5 Å². The van der Waals surface area contributed by atoms with Crippen LogP contribution in [0.1, 0.15) is 42.4 Å². The molecule has 3 aromatic rings. The molecule has 1 aromatic carbocycles. The molecule has 1 fully saturated rings. The van der Waals surface area contributed by atoms with E-state index >= 15 is 0 Å². The highest BCUT2D eigenvalue weighted by atomic mass is 16.2. The van der Waals surface area contributed by atoms with Crippen molar-refractivity contribution in [3.8, 4) is 0 Å². The average Bonchev–Trinajstić information content (AvgIpc) is 3.14. The number of fused-ring (bicyclic) bond motifs is 1. The second-order valence-electron chi connectivity index (χ2n) is 8.33. The smallest absolute Gasteiger partial charge is 0.254 e. The number of aromatic nitrogens is 4. The number of nitrogens with zero attached hydrogens (tertiary/aromatic N) is 6. The van der Waals surface area contributed by atoms with E-state index in [4.69, 9.17) is 0 Å². The molecule has 28 heavy (non-hydrogen) atoms. The van der Waals surface area contributed by atoms with E-state index in [1.54, 1.807) is 4.52 Å². The van der Waals surface area contributed by atoms with Gasteiger partial charge in [0.05, 0.1) is 0 Å². The molecule has 2 aromatic heterocycles. The molecule has 146 valence electrons. The fraction of sp³-hybridized carbons (Fsp3) is 0.429. The second kappa shape index (κ2) is 6.89. The molecule has 0 saturated carbocycles. The number of hydrogen-bond donors (Lipinski definition) is 0. The van der Waals surface area contributed by atoms with Gasteiger partial charge in [0.25, 0.3) is 11.7 Å². The van der Waals surface area contributed by atoms with E-state index in [1.165, 1.54) is 11.9 Å². The van der Waals surface area contributed by atoms with Gasteiger partial charge in [-0.2, -0.15) is 14.6 Å². The Hall–Kier alpha value is -2.96. The lowest BCUT2D eigenvalue weighted by Gasteiger charge is -2.36. The summed E-state index contributed by atoms with van der Waals surface area (Å²) in [4.78, 5) is 25.7. The largest absolute Gasteiger partial charge is 0.353 e. The van der Waals surface area contributed by atoms with Crippen LogP contribution in [0, 0.1) is 6.92 Å². The van der Waals surface area contributed by atoms with Crippen LogP contribution in [0.5, 0.6) is 0 Å². The predicted octanol–water partition coefficient (Wildman–Crippen LogP) is 2.69. The summed E-state index contributed by atoms with van der Waals surface area (Å²) in [7, 11) is 0. The van der Waals surface area contributed by atoms with Crippen LogP contribution in [0.15, 0.2) is 36.7 Å². The quantitative estimate of drug-likeness (QED) is 0.686. The molecule has 7 nitrogen and oxygen atoms in total. The number of hydrogen-bond acceptors (Lipinski definition) is 5. The Morgan fingerprint density at radius 2 is 1.71 bits per heavy atom. The van der Waals surface area contributed by atoms with Crippen LogP contribution in [-0.4, -0.2) is 56.6 Å². The second-order valence-corrected chi connectivity index (χ2v) is 8.33. The average molecular weight is 378 g/mol. The predicted molar refractivity (Wildman–Crippen MR) is 109 cm³/mol. The van der Waals surface area contributed by atoms with Gasteiger partial charge in [0.2, 0.25) is 0 Å². The number of aryl methyl sites for hydroxylation is 1. The molecular weight excluding hydrogens is 352 g/mol. The lowest BCUT2D eigenvalue weighted by atomic mass is 9.86. The topological polar surface area (TPSA) is 66.6 Å². The zero-order valence-electron chi connectivity index (χ0n) is 16.9. The number of rotatable bonds is 2. The number of benzene rings is 1. The summed E-state index contributed by atoms with van der Waals surface area (Å²) in [6.07, 6.45) is 1.52. The molecule has 7 heteroatoms. The van der Waals surface area contributed by atoms with Crippen LogP contribution >= 0.6 is 0 Å². The molecule has 0 N–H and O–H groups in total. The fourth-order valence-electron chi connectivity index (χ4n) is 3.57. The zero-order valence-corrected chi connectivity index (χ0v) is 16.9. The van der Waals surface area contributed by atoms with Gasteiger partial charge in [-0.3, -0.25) is 4.79 Å². The van der Waals surface area contributed by atoms with E-state index < -0.39 is 0 Å². The van der Waals surface area contributed by atoms with E-state index in [9.17, 15) is 4.79 Å². The van der Waals surface area contributed by atoms with E-state index in [0.717, 1.165) is 30.2 Å². The minimum Gasteiger partial charge on any atom is -0.353 e. The summed E-state index contributed by atoms with van der Waals surface area (Å²) >= 11 is 0. The van der Waals surface area contributed by atoms with E-state index in [-0.39, 0.29) is 11.3 Å². The van der Waals surface area contributed by atoms with Gasteiger partial charge in [-0.25, -0.2) is 4.98 Å². The van der Waals surface area contributed by atoms with Crippen molar-refractivity contribution in [3.63, 3.8) is 0 Å². The number of carbonyl (C=O) groups is 1. The van der Waals surface area contributed by atoms with E-state index in [1.807, 2.05) is 30.0 Å². The summed E-state index contributed by atoms with van der Waals surface area (Å²) in [5.41, 5.74) is 2.98. The highest BCUT2D eigenvalue weighted by molar-refractivity contribution is 5.94. The Balaban J connectivity index is 1.46. The minimum atomic E-state index is 0.0859. The van der Waals surface area contributed by atoms with Gasteiger partial charge in [-0.05, 0) is 30.0 Å². The molecule has 0 radical (unpaired) electrons. The first-order valence-corrected chi connectivity index (χ1v) is 9.65. The van der Waals surface area contributed by atoms with Crippen LogP contribution in [0.25, 0.3) is 5.78 Å². The number of piperazine rings is 1. The van der Waals surface area contributed by atoms with Crippen molar-refractivity contribution in [2.75, 3.05) is 31.1 Å². The van der Waals surface area contributed by atoms with Crippen LogP contribution in [-0.2, 0) is 5.41 Å². The van der Waals surface area contributed by atoms with Crippen molar-refractivity contribution < 1.29 is 4.79 Å². The van der Waals surface area contributed by atoms with Crippen molar-refractivity contribution in [1.29, 1.82) is 0 Å². The Morgan fingerprint density at radius 3 is 2.36 bits per heavy atom. The first-order chi connectivity index (χ1) is 13.3. The molecule has 0 bridgehead atoms. The van der Waals surface area contributed by atoms with Crippen molar-refractivity contribution >= 4 is 17.5 Å².